The maximum Gasteiger partial charge on any atom is 0.416 e. The van der Waals surface area contributed by atoms with Crippen LogP contribution in [0.3, 0.4) is 0 Å². The van der Waals surface area contributed by atoms with E-state index >= 15 is 0 Å². The summed E-state index contributed by atoms with van der Waals surface area (Å²) in [5.74, 6) is 0.608. The molecular formula is C43H33BF12OS. The topological polar surface area (TPSA) is 17.1 Å². The monoisotopic (exact) mass is 836 g/mol. The summed E-state index contributed by atoms with van der Waals surface area (Å²) < 4.78 is 173. The van der Waals surface area contributed by atoms with Crippen LogP contribution in [0.4, 0.5) is 52.7 Å². The zero-order valence-corrected chi connectivity index (χ0v) is 31.4. The number of aryl methyl sites for hydroxylation is 1. The van der Waals surface area contributed by atoms with Gasteiger partial charge in [0.15, 0.2) is 4.90 Å². The Balaban J connectivity index is 0.000000313. The summed E-state index contributed by atoms with van der Waals surface area (Å²) in [6.45, 7) is 2.06. The number of alkyl halides is 12. The van der Waals surface area contributed by atoms with Gasteiger partial charge in [0.25, 0.3) is 0 Å². The van der Waals surface area contributed by atoms with Crippen LogP contribution in [0.15, 0.2) is 157 Å². The lowest BCUT2D eigenvalue weighted by Crippen LogP contribution is -2.74. The van der Waals surface area contributed by atoms with E-state index in [-0.39, 0.29) is 21.9 Å². The standard InChI is InChI=1S/C28H16BF12.C15H17OS/c30-25(31,32)17-1-9-21(10-2-17)29(22-11-3-18(4-12-22)26(33,34)35,23-13-5-19(6-14-23)27(36,37)38)24-15-7-20(8-16-24)28(39,40)41;1-13-8-10-14(11-9-13)12-17(2,16)15-6-4-3-5-7-15/h1-16H;3-11H,12H2,1-2H3/q-1;+1. The molecule has 6 rings (SSSR count). The average molecular weight is 837 g/mol. The third-order valence-corrected chi connectivity index (χ3v) is 11.9. The molecule has 58 heavy (non-hydrogen) atoms. The fourth-order valence-electron chi connectivity index (χ4n) is 6.79. The fraction of sp³-hybridized carbons (Fsp3) is 0.163. The highest BCUT2D eigenvalue weighted by Crippen LogP contribution is 2.32. The van der Waals surface area contributed by atoms with Gasteiger partial charge in [0, 0.05) is 5.56 Å². The Hall–Kier alpha value is -5.31. The molecule has 0 aliphatic carbocycles. The van der Waals surface area contributed by atoms with Gasteiger partial charge < -0.3 is 0 Å². The van der Waals surface area contributed by atoms with Crippen LogP contribution in [0, 0.1) is 6.92 Å². The Bertz CT molecular complexity index is 2080. The summed E-state index contributed by atoms with van der Waals surface area (Å²) in [5.41, 5.74) is -1.93. The van der Waals surface area contributed by atoms with Crippen molar-refractivity contribution in [3.05, 3.63) is 185 Å². The number of hydrogen-bond donors (Lipinski definition) is 0. The van der Waals surface area contributed by atoms with Gasteiger partial charge in [-0.1, -0.05) is 149 Å². The Kier molecular flexibility index (Phi) is 12.5. The highest BCUT2D eigenvalue weighted by molar-refractivity contribution is 8.01. The molecule has 0 aliphatic heterocycles. The normalized spacial score (nSPS) is 13.6. The second-order valence-electron chi connectivity index (χ2n) is 13.8. The molecule has 0 aromatic heterocycles. The highest BCUT2D eigenvalue weighted by Gasteiger charge is 2.38. The SMILES string of the molecule is Cc1ccc(C[S+](C)(=O)c2ccccc2)cc1.FC(F)(F)c1ccc([B-](c2ccc(C(F)(F)F)cc2)(c2ccc(C(F)(F)F)cc2)c2ccc(C(F)(F)F)cc2)cc1. The molecule has 0 bridgehead atoms. The van der Waals surface area contributed by atoms with Crippen LogP contribution in [0.2, 0.25) is 0 Å². The van der Waals surface area contributed by atoms with E-state index in [9.17, 15) is 56.9 Å². The zero-order chi connectivity index (χ0) is 42.7. The van der Waals surface area contributed by atoms with E-state index in [1.807, 2.05) is 36.6 Å². The Morgan fingerprint density at radius 1 is 0.414 bits per heavy atom. The first-order chi connectivity index (χ1) is 26.9. The molecule has 15 heteroatoms. The predicted molar refractivity (Wildman–Crippen MR) is 204 cm³/mol. The van der Waals surface area contributed by atoms with Crippen molar-refractivity contribution in [2.24, 2.45) is 0 Å². The van der Waals surface area contributed by atoms with Crippen molar-refractivity contribution in [1.29, 1.82) is 0 Å². The zero-order valence-electron chi connectivity index (χ0n) is 30.6. The molecule has 0 N–H and O–H groups in total. The minimum Gasteiger partial charge on any atom is -0.195 e. The average Bonchev–Trinajstić information content (AvgIpc) is 3.16. The van der Waals surface area contributed by atoms with Gasteiger partial charge in [-0.25, -0.2) is 0 Å². The lowest BCUT2D eigenvalue weighted by atomic mass is 9.13. The van der Waals surface area contributed by atoms with E-state index in [1.54, 1.807) is 0 Å². The maximum atomic E-state index is 13.3. The van der Waals surface area contributed by atoms with Crippen molar-refractivity contribution in [2.45, 2.75) is 42.3 Å². The first-order valence-electron chi connectivity index (χ1n) is 17.4. The Labute approximate surface area is 327 Å². The first kappa shape index (κ1) is 43.8. The van der Waals surface area contributed by atoms with E-state index in [1.165, 1.54) is 5.56 Å². The maximum absolute atomic E-state index is 13.3. The highest BCUT2D eigenvalue weighted by atomic mass is 32.2. The minimum atomic E-state index is -4.77. The lowest BCUT2D eigenvalue weighted by molar-refractivity contribution is -0.138. The number of hydrogen-bond acceptors (Lipinski definition) is 1. The summed E-state index contributed by atoms with van der Waals surface area (Å²) in [4.78, 5) is 0.931. The number of halogens is 12. The van der Waals surface area contributed by atoms with E-state index in [2.05, 4.69) is 31.2 Å². The fourth-order valence-corrected chi connectivity index (χ4v) is 8.52. The lowest BCUT2D eigenvalue weighted by Gasteiger charge is -2.44. The molecule has 0 fully saturated rings. The molecule has 0 amide bonds. The Morgan fingerprint density at radius 3 is 0.948 bits per heavy atom. The van der Waals surface area contributed by atoms with Crippen molar-refractivity contribution in [1.82, 2.24) is 0 Å². The molecule has 1 unspecified atom stereocenters. The van der Waals surface area contributed by atoms with Gasteiger partial charge in [-0.3, -0.25) is 0 Å². The smallest absolute Gasteiger partial charge is 0.195 e. The van der Waals surface area contributed by atoms with Gasteiger partial charge in [0.1, 0.15) is 28.1 Å². The third kappa shape index (κ3) is 10.0. The molecule has 0 aliphatic rings. The van der Waals surface area contributed by atoms with E-state index in [4.69, 9.17) is 0 Å². The number of rotatable bonds is 7. The molecule has 0 heterocycles. The molecule has 6 aromatic rings. The van der Waals surface area contributed by atoms with Crippen LogP contribution >= 0.6 is 0 Å². The summed E-state index contributed by atoms with van der Waals surface area (Å²) in [6.07, 6.45) is -20.2. The van der Waals surface area contributed by atoms with Crippen molar-refractivity contribution >= 4 is 37.9 Å². The quantitative estimate of drug-likeness (QED) is 0.0890. The van der Waals surface area contributed by atoms with Crippen LogP contribution in [-0.2, 0) is 44.6 Å². The molecule has 1 nitrogen and oxygen atoms in total. The van der Waals surface area contributed by atoms with Crippen LogP contribution in [0.5, 0.6) is 0 Å². The van der Waals surface area contributed by atoms with Crippen molar-refractivity contribution in [3.63, 3.8) is 0 Å². The summed E-state index contributed by atoms with van der Waals surface area (Å²) in [7, 11) is -1.98. The molecule has 0 radical (unpaired) electrons. The van der Waals surface area contributed by atoms with Crippen LogP contribution < -0.4 is 21.9 Å². The predicted octanol–water partition coefficient (Wildman–Crippen LogP) is 10.8. The van der Waals surface area contributed by atoms with Crippen LogP contribution in [0.1, 0.15) is 33.4 Å². The minimum absolute atomic E-state index is 0.0114. The third-order valence-electron chi connectivity index (χ3n) is 9.76. The molecule has 1 atom stereocenters. The van der Waals surface area contributed by atoms with Crippen molar-refractivity contribution < 1.29 is 56.9 Å². The van der Waals surface area contributed by atoms with Crippen LogP contribution in [0.25, 0.3) is 0 Å². The molecular weight excluding hydrogens is 803 g/mol. The van der Waals surface area contributed by atoms with Gasteiger partial charge in [0.05, 0.1) is 22.3 Å². The summed E-state index contributed by atoms with van der Waals surface area (Å²) in [5, 5.41) is 0. The van der Waals surface area contributed by atoms with Crippen molar-refractivity contribution in [3.8, 4) is 0 Å². The second kappa shape index (κ2) is 16.5. The van der Waals surface area contributed by atoms with Gasteiger partial charge >= 0.3 is 24.7 Å². The molecule has 6 aromatic carbocycles. The van der Waals surface area contributed by atoms with Gasteiger partial charge in [-0.2, -0.15) is 74.5 Å². The van der Waals surface area contributed by atoms with Crippen LogP contribution in [-0.4, -0.2) is 12.4 Å². The van der Waals surface area contributed by atoms with Gasteiger partial charge in [-0.05, 0) is 19.1 Å². The first-order valence-corrected chi connectivity index (χ1v) is 19.5. The summed E-state index contributed by atoms with van der Waals surface area (Å²) >= 11 is 0. The molecule has 0 saturated heterocycles. The molecule has 0 spiro atoms. The van der Waals surface area contributed by atoms with E-state index in [0.29, 0.717) is 54.3 Å². The second-order valence-corrected chi connectivity index (χ2v) is 16.6. The molecule has 0 saturated carbocycles. The van der Waals surface area contributed by atoms with Crippen molar-refractivity contribution in [2.75, 3.05) is 6.26 Å². The summed E-state index contributed by atoms with van der Waals surface area (Å²) in [6, 6.07) is 31.5. The Morgan fingerprint density at radius 2 is 0.690 bits per heavy atom. The van der Waals surface area contributed by atoms with Gasteiger partial charge in [-0.15, -0.1) is 0 Å². The van der Waals surface area contributed by atoms with E-state index in [0.717, 1.165) is 59.0 Å². The van der Waals surface area contributed by atoms with Gasteiger partial charge in [0.2, 0.25) is 0 Å². The largest absolute Gasteiger partial charge is 0.416 e. The van der Waals surface area contributed by atoms with E-state index < -0.39 is 63.0 Å². The number of benzene rings is 6. The molecule has 304 valence electrons.